The van der Waals surface area contributed by atoms with Gasteiger partial charge in [0, 0.05) is 29.2 Å². The number of rotatable bonds is 8. The van der Waals surface area contributed by atoms with Crippen molar-refractivity contribution < 1.29 is 23.9 Å². The highest BCUT2D eigenvalue weighted by Crippen LogP contribution is 2.42. The van der Waals surface area contributed by atoms with E-state index in [0.29, 0.717) is 15.3 Å². The molecule has 7 heteroatoms. The van der Waals surface area contributed by atoms with Crippen molar-refractivity contribution in [3.8, 4) is 0 Å². The number of carbonyl (C=O) groups is 3. The van der Waals surface area contributed by atoms with Crippen molar-refractivity contribution in [2.75, 3.05) is 0 Å². The Bertz CT molecular complexity index is 894. The van der Waals surface area contributed by atoms with E-state index >= 15 is 0 Å². The Hall–Kier alpha value is -2.77. The number of ether oxygens (including phenoxy) is 2. The number of ketones is 1. The van der Waals surface area contributed by atoms with Gasteiger partial charge in [0.2, 0.25) is 0 Å². The minimum atomic E-state index is -0.928. The molecule has 2 heterocycles. The van der Waals surface area contributed by atoms with Crippen molar-refractivity contribution in [3.05, 3.63) is 80.7 Å². The van der Waals surface area contributed by atoms with Gasteiger partial charge < -0.3 is 9.47 Å². The van der Waals surface area contributed by atoms with Gasteiger partial charge in [-0.15, -0.1) is 22.7 Å². The van der Waals surface area contributed by atoms with E-state index in [2.05, 4.69) is 0 Å². The van der Waals surface area contributed by atoms with Gasteiger partial charge in [-0.1, -0.05) is 42.5 Å². The lowest BCUT2D eigenvalue weighted by molar-refractivity contribution is -0.157. The van der Waals surface area contributed by atoms with Gasteiger partial charge in [-0.2, -0.15) is 0 Å². The molecule has 5 nitrogen and oxygen atoms in total. The second kappa shape index (κ2) is 9.62. The van der Waals surface area contributed by atoms with Crippen molar-refractivity contribution in [1.82, 2.24) is 0 Å². The first-order valence-electron chi connectivity index (χ1n) is 8.98. The van der Waals surface area contributed by atoms with Crippen LogP contribution in [-0.4, -0.2) is 17.7 Å². The fraction of sp³-hybridized carbons (Fsp3) is 0.227. The zero-order chi connectivity index (χ0) is 20.8. The summed E-state index contributed by atoms with van der Waals surface area (Å²) in [6.07, 6.45) is -1.77. The number of hydrogen-bond acceptors (Lipinski definition) is 7. The fourth-order valence-electron chi connectivity index (χ4n) is 3.11. The molecular weight excluding hydrogens is 408 g/mol. The number of benzene rings is 1. The largest absolute Gasteiger partial charge is 0.456 e. The molecule has 2 atom stereocenters. The summed E-state index contributed by atoms with van der Waals surface area (Å²) in [4.78, 5) is 38.9. The molecule has 0 aliphatic rings. The molecule has 0 radical (unpaired) electrons. The summed E-state index contributed by atoms with van der Waals surface area (Å²) in [5.74, 6) is -2.21. The number of hydrogen-bond donors (Lipinski definition) is 0. The number of Topliss-reactive ketones (excluding diaryl/α,β-unsaturated/α-hetero) is 1. The van der Waals surface area contributed by atoms with Gasteiger partial charge in [-0.3, -0.25) is 14.4 Å². The average Bonchev–Trinajstić information content (AvgIpc) is 3.40. The molecule has 1 aromatic carbocycles. The van der Waals surface area contributed by atoms with Crippen molar-refractivity contribution in [1.29, 1.82) is 0 Å². The summed E-state index contributed by atoms with van der Waals surface area (Å²) in [6.45, 7) is 2.60. The first-order chi connectivity index (χ1) is 14.0. The maximum atomic E-state index is 13.6. The zero-order valence-corrected chi connectivity index (χ0v) is 17.6. The third-order valence-electron chi connectivity index (χ3n) is 4.25. The summed E-state index contributed by atoms with van der Waals surface area (Å²) in [5, 5.41) is 3.70. The summed E-state index contributed by atoms with van der Waals surface area (Å²) < 4.78 is 11.2. The molecule has 0 spiro atoms. The molecule has 0 bridgehead atoms. The van der Waals surface area contributed by atoms with Gasteiger partial charge in [-0.25, -0.2) is 0 Å². The molecule has 3 aromatic rings. The highest BCUT2D eigenvalue weighted by Gasteiger charge is 2.42. The minimum absolute atomic E-state index is 0.259. The smallest absolute Gasteiger partial charge is 0.303 e. The Labute approximate surface area is 176 Å². The molecule has 0 aliphatic heterocycles. The van der Waals surface area contributed by atoms with Gasteiger partial charge in [0.1, 0.15) is 18.1 Å². The first kappa shape index (κ1) is 21.0. The van der Waals surface area contributed by atoms with Crippen LogP contribution < -0.4 is 0 Å². The summed E-state index contributed by atoms with van der Waals surface area (Å²) in [7, 11) is 0. The molecule has 0 fully saturated rings. The van der Waals surface area contributed by atoms with Crippen LogP contribution >= 0.6 is 22.7 Å². The second-order valence-electron chi connectivity index (χ2n) is 6.35. The van der Waals surface area contributed by atoms with E-state index in [1.165, 1.54) is 36.5 Å². The third kappa shape index (κ3) is 5.19. The number of esters is 2. The molecular formula is C22H20O5S2. The summed E-state index contributed by atoms with van der Waals surface area (Å²) >= 11 is 2.76. The van der Waals surface area contributed by atoms with Crippen LogP contribution in [0.1, 0.15) is 46.2 Å². The third-order valence-corrected chi connectivity index (χ3v) is 6.11. The lowest BCUT2D eigenvalue weighted by atomic mass is 9.85. The Kier molecular flexibility index (Phi) is 6.95. The van der Waals surface area contributed by atoms with Crippen LogP contribution in [0, 0.1) is 5.92 Å². The Morgan fingerprint density at radius 3 is 1.59 bits per heavy atom. The Morgan fingerprint density at radius 2 is 1.21 bits per heavy atom. The molecule has 29 heavy (non-hydrogen) atoms. The van der Waals surface area contributed by atoms with Crippen LogP contribution in [-0.2, 0) is 19.1 Å². The first-order valence-corrected chi connectivity index (χ1v) is 10.7. The van der Waals surface area contributed by atoms with Gasteiger partial charge >= 0.3 is 11.9 Å². The van der Waals surface area contributed by atoms with E-state index in [1.807, 2.05) is 41.1 Å². The van der Waals surface area contributed by atoms with E-state index < -0.39 is 30.1 Å². The maximum absolute atomic E-state index is 13.6. The van der Waals surface area contributed by atoms with Gasteiger partial charge in [0.25, 0.3) is 0 Å². The average molecular weight is 429 g/mol. The SMILES string of the molecule is CC(=O)O[C@@H](c1cccs1)C(C(=O)c1ccccc1)[C@@H](OC(C)=O)c1cccs1. The van der Waals surface area contributed by atoms with Crippen LogP contribution in [0.5, 0.6) is 0 Å². The van der Waals surface area contributed by atoms with Gasteiger partial charge in [-0.05, 0) is 22.9 Å². The highest BCUT2D eigenvalue weighted by atomic mass is 32.1. The lowest BCUT2D eigenvalue weighted by Crippen LogP contribution is -2.33. The van der Waals surface area contributed by atoms with E-state index in [1.54, 1.807) is 24.3 Å². The van der Waals surface area contributed by atoms with E-state index in [-0.39, 0.29) is 5.78 Å². The van der Waals surface area contributed by atoms with Crippen LogP contribution in [0.15, 0.2) is 65.4 Å². The van der Waals surface area contributed by atoms with Crippen molar-refractivity contribution in [3.63, 3.8) is 0 Å². The molecule has 0 saturated carbocycles. The summed E-state index contributed by atoms with van der Waals surface area (Å²) in [5.41, 5.74) is 0.458. The minimum Gasteiger partial charge on any atom is -0.456 e. The number of carbonyl (C=O) groups excluding carboxylic acids is 3. The highest BCUT2D eigenvalue weighted by molar-refractivity contribution is 7.10. The van der Waals surface area contributed by atoms with Crippen molar-refractivity contribution in [2.45, 2.75) is 26.1 Å². The predicted octanol–water partition coefficient (Wildman–Crippen LogP) is 5.22. The van der Waals surface area contributed by atoms with Gasteiger partial charge in [0.15, 0.2) is 5.78 Å². The van der Waals surface area contributed by atoms with Crippen LogP contribution in [0.25, 0.3) is 0 Å². The van der Waals surface area contributed by atoms with Crippen LogP contribution in [0.4, 0.5) is 0 Å². The van der Waals surface area contributed by atoms with E-state index in [9.17, 15) is 14.4 Å². The predicted molar refractivity (Wildman–Crippen MR) is 112 cm³/mol. The molecule has 0 unspecified atom stereocenters. The van der Waals surface area contributed by atoms with E-state index in [4.69, 9.17) is 9.47 Å². The molecule has 0 N–H and O–H groups in total. The normalized spacial score (nSPS) is 12.9. The lowest BCUT2D eigenvalue weighted by Gasteiger charge is -2.31. The topological polar surface area (TPSA) is 69.7 Å². The second-order valence-corrected chi connectivity index (χ2v) is 8.31. The quantitative estimate of drug-likeness (QED) is 0.363. The Morgan fingerprint density at radius 1 is 0.724 bits per heavy atom. The maximum Gasteiger partial charge on any atom is 0.303 e. The number of thiophene rings is 2. The zero-order valence-electron chi connectivity index (χ0n) is 15.9. The monoisotopic (exact) mass is 428 g/mol. The van der Waals surface area contributed by atoms with Crippen molar-refractivity contribution >= 4 is 40.4 Å². The molecule has 150 valence electrons. The summed E-state index contributed by atoms with van der Waals surface area (Å²) in [6, 6.07) is 16.0. The molecule has 3 rings (SSSR count). The van der Waals surface area contributed by atoms with Crippen molar-refractivity contribution in [2.24, 2.45) is 5.92 Å². The van der Waals surface area contributed by atoms with Crippen LogP contribution in [0.2, 0.25) is 0 Å². The molecule has 0 saturated heterocycles. The standard InChI is InChI=1S/C22H20O5S2/c1-14(23)26-21(17-10-6-12-28-17)19(20(25)16-8-4-3-5-9-16)22(27-15(2)24)18-11-7-13-29-18/h3-13,19,21-22H,1-2H3/t21-,22-/m0/s1. The molecule has 0 amide bonds. The Balaban J connectivity index is 2.14. The van der Waals surface area contributed by atoms with Crippen LogP contribution in [0.3, 0.4) is 0 Å². The fourth-order valence-corrected chi connectivity index (χ4v) is 4.71. The molecule has 0 aliphatic carbocycles. The van der Waals surface area contributed by atoms with E-state index in [0.717, 1.165) is 0 Å². The van der Waals surface area contributed by atoms with Gasteiger partial charge in [0.05, 0.1) is 0 Å². The molecule has 2 aromatic heterocycles.